The second kappa shape index (κ2) is 8.39. The van der Waals surface area contributed by atoms with E-state index >= 15 is 0 Å². The van der Waals surface area contributed by atoms with Crippen LogP contribution >= 0.6 is 12.2 Å². The Bertz CT molecular complexity index is 1040. The van der Waals surface area contributed by atoms with Crippen LogP contribution < -0.4 is 16.0 Å². The Labute approximate surface area is 182 Å². The van der Waals surface area contributed by atoms with Crippen molar-refractivity contribution >= 4 is 45.7 Å². The highest BCUT2D eigenvalue weighted by Gasteiger charge is 2.31. The lowest BCUT2D eigenvalue weighted by atomic mass is 10.00. The quantitative estimate of drug-likeness (QED) is 0.622. The van der Waals surface area contributed by atoms with Gasteiger partial charge in [-0.15, -0.1) is 0 Å². The van der Waals surface area contributed by atoms with Gasteiger partial charge in [0.25, 0.3) is 0 Å². The van der Waals surface area contributed by atoms with Gasteiger partial charge in [0.1, 0.15) is 5.82 Å². The number of hydrogen-bond donors (Lipinski definition) is 2. The summed E-state index contributed by atoms with van der Waals surface area (Å²) in [7, 11) is 0. The first-order valence-corrected chi connectivity index (χ1v) is 10.6. The minimum absolute atomic E-state index is 0.253. The number of nitrogens with one attached hydrogen (secondary N) is 1. The van der Waals surface area contributed by atoms with Crippen molar-refractivity contribution in [2.45, 2.75) is 26.8 Å². The summed E-state index contributed by atoms with van der Waals surface area (Å²) in [4.78, 5) is 17.6. The predicted molar refractivity (Wildman–Crippen MR) is 127 cm³/mol. The Balaban J connectivity index is 1.54. The summed E-state index contributed by atoms with van der Waals surface area (Å²) in [6, 6.07) is 12.3. The molecule has 4 rings (SSSR count). The van der Waals surface area contributed by atoms with Gasteiger partial charge in [-0.1, -0.05) is 19.9 Å². The molecule has 8 heteroatoms. The molecule has 156 valence electrons. The highest BCUT2D eigenvalue weighted by Crippen LogP contribution is 2.25. The summed E-state index contributed by atoms with van der Waals surface area (Å²) < 4.78 is 0. The van der Waals surface area contributed by atoms with Crippen molar-refractivity contribution in [1.82, 2.24) is 19.9 Å². The summed E-state index contributed by atoms with van der Waals surface area (Å²) in [6.45, 7) is 8.84. The SMILES string of the molecule is Cc1cc(N2CCN(C(=S)Nc3cccc4ncccc34)C(C(C)C)C2)nc(N)n1. The molecular formula is C22H27N7S. The van der Waals surface area contributed by atoms with Crippen LogP contribution in [-0.4, -0.2) is 50.6 Å². The molecule has 0 bridgehead atoms. The number of nitrogen functional groups attached to an aromatic ring is 1. The normalized spacial score (nSPS) is 16.9. The number of aromatic nitrogens is 3. The smallest absolute Gasteiger partial charge is 0.222 e. The summed E-state index contributed by atoms with van der Waals surface area (Å²) in [5.74, 6) is 1.61. The molecule has 0 radical (unpaired) electrons. The number of piperazine rings is 1. The van der Waals surface area contributed by atoms with Crippen LogP contribution in [0.25, 0.3) is 10.9 Å². The molecule has 1 aliphatic heterocycles. The molecule has 0 amide bonds. The van der Waals surface area contributed by atoms with E-state index in [0.717, 1.165) is 52.8 Å². The molecule has 3 aromatic rings. The van der Waals surface area contributed by atoms with Crippen molar-refractivity contribution in [3.63, 3.8) is 0 Å². The number of fused-ring (bicyclic) bond motifs is 1. The van der Waals surface area contributed by atoms with Crippen molar-refractivity contribution in [2.75, 3.05) is 35.6 Å². The zero-order chi connectivity index (χ0) is 21.3. The number of pyridine rings is 1. The van der Waals surface area contributed by atoms with E-state index in [0.29, 0.717) is 11.9 Å². The maximum atomic E-state index is 5.87. The fourth-order valence-corrected chi connectivity index (χ4v) is 4.31. The molecule has 0 saturated carbocycles. The summed E-state index contributed by atoms with van der Waals surface area (Å²) in [5.41, 5.74) is 8.68. The first kappa shape index (κ1) is 20.3. The second-order valence-corrected chi connectivity index (χ2v) is 8.37. The average molecular weight is 422 g/mol. The van der Waals surface area contributed by atoms with Gasteiger partial charge in [0.15, 0.2) is 5.11 Å². The number of rotatable bonds is 3. The lowest BCUT2D eigenvalue weighted by Gasteiger charge is -2.45. The van der Waals surface area contributed by atoms with Crippen molar-refractivity contribution in [3.05, 3.63) is 48.3 Å². The number of aryl methyl sites for hydroxylation is 1. The second-order valence-electron chi connectivity index (χ2n) is 7.98. The average Bonchev–Trinajstić information content (AvgIpc) is 2.73. The van der Waals surface area contributed by atoms with Crippen LogP contribution in [0.3, 0.4) is 0 Å². The van der Waals surface area contributed by atoms with Crippen LogP contribution in [0.2, 0.25) is 0 Å². The van der Waals surface area contributed by atoms with Gasteiger partial charge >= 0.3 is 0 Å². The molecule has 7 nitrogen and oxygen atoms in total. The van der Waals surface area contributed by atoms with Crippen LogP contribution in [0, 0.1) is 12.8 Å². The first-order valence-electron chi connectivity index (χ1n) is 10.2. The molecule has 0 spiro atoms. The minimum Gasteiger partial charge on any atom is -0.368 e. The van der Waals surface area contributed by atoms with Gasteiger partial charge in [0.05, 0.1) is 11.6 Å². The largest absolute Gasteiger partial charge is 0.368 e. The van der Waals surface area contributed by atoms with E-state index in [4.69, 9.17) is 18.0 Å². The maximum absolute atomic E-state index is 5.87. The van der Waals surface area contributed by atoms with Crippen LogP contribution in [0.5, 0.6) is 0 Å². The van der Waals surface area contributed by atoms with Crippen LogP contribution in [0.1, 0.15) is 19.5 Å². The highest BCUT2D eigenvalue weighted by molar-refractivity contribution is 7.80. The van der Waals surface area contributed by atoms with Crippen molar-refractivity contribution in [3.8, 4) is 0 Å². The van der Waals surface area contributed by atoms with E-state index in [9.17, 15) is 0 Å². The highest BCUT2D eigenvalue weighted by atomic mass is 32.1. The third-order valence-corrected chi connectivity index (χ3v) is 5.85. The van der Waals surface area contributed by atoms with Gasteiger partial charge in [-0.25, -0.2) is 4.98 Å². The Kier molecular flexibility index (Phi) is 5.67. The van der Waals surface area contributed by atoms with E-state index < -0.39 is 0 Å². The number of benzene rings is 1. The van der Waals surface area contributed by atoms with E-state index in [1.165, 1.54) is 0 Å². The molecule has 30 heavy (non-hydrogen) atoms. The summed E-state index contributed by atoms with van der Waals surface area (Å²) in [5, 5.41) is 5.27. The maximum Gasteiger partial charge on any atom is 0.222 e. The molecule has 1 saturated heterocycles. The fraction of sp³-hybridized carbons (Fsp3) is 0.364. The monoisotopic (exact) mass is 421 g/mol. The molecule has 1 atom stereocenters. The van der Waals surface area contributed by atoms with Gasteiger partial charge in [-0.3, -0.25) is 4.98 Å². The number of hydrogen-bond acceptors (Lipinski definition) is 6. The number of nitrogens with zero attached hydrogens (tertiary/aromatic N) is 5. The molecule has 1 unspecified atom stereocenters. The molecule has 3 N–H and O–H groups in total. The van der Waals surface area contributed by atoms with E-state index in [1.807, 2.05) is 37.3 Å². The molecule has 1 aromatic carbocycles. The van der Waals surface area contributed by atoms with E-state index in [1.54, 1.807) is 6.20 Å². The van der Waals surface area contributed by atoms with Gasteiger partial charge in [0, 0.05) is 48.7 Å². The Morgan fingerprint density at radius 3 is 2.80 bits per heavy atom. The number of anilines is 3. The van der Waals surface area contributed by atoms with E-state index in [2.05, 4.69) is 50.0 Å². The lowest BCUT2D eigenvalue weighted by Crippen LogP contribution is -2.58. The summed E-state index contributed by atoms with van der Waals surface area (Å²) in [6.07, 6.45) is 1.81. The summed E-state index contributed by atoms with van der Waals surface area (Å²) >= 11 is 5.84. The Morgan fingerprint density at radius 2 is 2.03 bits per heavy atom. The molecular weight excluding hydrogens is 394 g/mol. The topological polar surface area (TPSA) is 83.2 Å². The minimum atomic E-state index is 0.253. The zero-order valence-electron chi connectivity index (χ0n) is 17.5. The van der Waals surface area contributed by atoms with Crippen molar-refractivity contribution in [1.29, 1.82) is 0 Å². The van der Waals surface area contributed by atoms with Crippen molar-refractivity contribution < 1.29 is 0 Å². The first-order chi connectivity index (χ1) is 14.4. The molecule has 1 aliphatic rings. The van der Waals surface area contributed by atoms with Crippen molar-refractivity contribution in [2.24, 2.45) is 5.92 Å². The standard InChI is InChI=1S/C22H27N7S/c1-14(2)19-13-28(20-12-15(3)25-21(23)27-20)10-11-29(19)22(30)26-18-8-4-7-17-16(18)6-5-9-24-17/h4-9,12,14,19H,10-11,13H2,1-3H3,(H,26,30)(H2,23,25,27). The Hall–Kier alpha value is -3.00. The zero-order valence-corrected chi connectivity index (χ0v) is 18.4. The third-order valence-electron chi connectivity index (χ3n) is 5.52. The van der Waals surface area contributed by atoms with Gasteiger partial charge in [-0.05, 0) is 49.3 Å². The fourth-order valence-electron chi connectivity index (χ4n) is 3.98. The van der Waals surface area contributed by atoms with Gasteiger partial charge in [-0.2, -0.15) is 4.98 Å². The Morgan fingerprint density at radius 1 is 1.20 bits per heavy atom. The lowest BCUT2D eigenvalue weighted by molar-refractivity contribution is 0.227. The van der Waals surface area contributed by atoms with Crippen LogP contribution in [0.15, 0.2) is 42.6 Å². The molecule has 1 fully saturated rings. The van der Waals surface area contributed by atoms with Crippen LogP contribution in [-0.2, 0) is 0 Å². The molecule has 2 aromatic heterocycles. The number of thiocarbonyl (C=S) groups is 1. The van der Waals surface area contributed by atoms with Gasteiger partial charge in [0.2, 0.25) is 5.95 Å². The third kappa shape index (κ3) is 4.14. The number of nitrogens with two attached hydrogens (primary N) is 1. The van der Waals surface area contributed by atoms with Crippen LogP contribution in [0.4, 0.5) is 17.5 Å². The van der Waals surface area contributed by atoms with Gasteiger partial charge < -0.3 is 20.9 Å². The predicted octanol–water partition coefficient (Wildman–Crippen LogP) is 3.46. The molecule has 0 aliphatic carbocycles. The van der Waals surface area contributed by atoms with E-state index in [-0.39, 0.29) is 6.04 Å². The molecule has 3 heterocycles.